The van der Waals surface area contributed by atoms with Crippen molar-refractivity contribution < 1.29 is 0 Å². The van der Waals surface area contributed by atoms with E-state index in [1.54, 1.807) is 0 Å². The molecule has 0 radical (unpaired) electrons. The van der Waals surface area contributed by atoms with E-state index < -0.39 is 0 Å². The highest BCUT2D eigenvalue weighted by Gasteiger charge is 2.16. The van der Waals surface area contributed by atoms with E-state index in [4.69, 9.17) is 5.73 Å². The first-order chi connectivity index (χ1) is 6.27. The van der Waals surface area contributed by atoms with Gasteiger partial charge in [0.1, 0.15) is 5.82 Å². The number of nitrogen functional groups attached to an aromatic ring is 1. The minimum atomic E-state index is 0.492. The summed E-state index contributed by atoms with van der Waals surface area (Å²) >= 11 is 0. The molecule has 2 heterocycles. The van der Waals surface area contributed by atoms with Crippen molar-refractivity contribution in [1.29, 1.82) is 0 Å². The SMILES string of the molecule is Cc1cc([C@@H]2CCCN2)cnc1N. The number of nitrogens with one attached hydrogen (secondary N) is 1. The Labute approximate surface area is 78.4 Å². The number of nitrogens with two attached hydrogens (primary N) is 1. The van der Waals surface area contributed by atoms with Crippen LogP contribution in [0.4, 0.5) is 5.82 Å². The summed E-state index contributed by atoms with van der Waals surface area (Å²) in [4.78, 5) is 4.16. The maximum absolute atomic E-state index is 5.66. The van der Waals surface area contributed by atoms with Gasteiger partial charge in [0.25, 0.3) is 0 Å². The van der Waals surface area contributed by atoms with E-state index >= 15 is 0 Å². The van der Waals surface area contributed by atoms with E-state index in [1.807, 2.05) is 13.1 Å². The molecule has 1 atom stereocenters. The van der Waals surface area contributed by atoms with Crippen LogP contribution in [0.2, 0.25) is 0 Å². The predicted octanol–water partition coefficient (Wildman–Crippen LogP) is 1.40. The maximum atomic E-state index is 5.66. The highest BCUT2D eigenvalue weighted by molar-refractivity contribution is 5.40. The molecule has 1 aromatic rings. The summed E-state index contributed by atoms with van der Waals surface area (Å²) in [5.41, 5.74) is 8.00. The Morgan fingerprint density at radius 3 is 3.08 bits per heavy atom. The van der Waals surface area contributed by atoms with Crippen LogP contribution in [0.5, 0.6) is 0 Å². The van der Waals surface area contributed by atoms with Crippen LogP contribution in [0.1, 0.15) is 30.0 Å². The number of rotatable bonds is 1. The molecule has 0 saturated carbocycles. The summed E-state index contributed by atoms with van der Waals surface area (Å²) in [7, 11) is 0. The van der Waals surface area contributed by atoms with Gasteiger partial charge >= 0.3 is 0 Å². The van der Waals surface area contributed by atoms with Gasteiger partial charge < -0.3 is 11.1 Å². The molecule has 0 spiro atoms. The first kappa shape index (κ1) is 8.51. The van der Waals surface area contributed by atoms with Crippen molar-refractivity contribution in [3.8, 4) is 0 Å². The molecule has 3 N–H and O–H groups in total. The quantitative estimate of drug-likeness (QED) is 0.681. The lowest BCUT2D eigenvalue weighted by atomic mass is 10.1. The second-order valence-corrected chi connectivity index (χ2v) is 3.62. The molecule has 0 unspecified atom stereocenters. The third kappa shape index (κ3) is 1.65. The van der Waals surface area contributed by atoms with Gasteiger partial charge in [-0.2, -0.15) is 0 Å². The third-order valence-electron chi connectivity index (χ3n) is 2.60. The topological polar surface area (TPSA) is 50.9 Å². The van der Waals surface area contributed by atoms with Crippen molar-refractivity contribution in [3.05, 3.63) is 23.4 Å². The number of aromatic nitrogens is 1. The summed E-state index contributed by atoms with van der Waals surface area (Å²) in [5.74, 6) is 0.641. The number of pyridine rings is 1. The lowest BCUT2D eigenvalue weighted by Gasteiger charge is -2.11. The zero-order valence-corrected chi connectivity index (χ0v) is 7.88. The molecule has 0 amide bonds. The Balaban J connectivity index is 2.25. The molecule has 0 aromatic carbocycles. The van der Waals surface area contributed by atoms with Gasteiger partial charge in [0.15, 0.2) is 0 Å². The zero-order valence-electron chi connectivity index (χ0n) is 7.88. The van der Waals surface area contributed by atoms with Crippen molar-refractivity contribution in [1.82, 2.24) is 10.3 Å². The van der Waals surface area contributed by atoms with E-state index in [-0.39, 0.29) is 0 Å². The molecule has 3 heteroatoms. The van der Waals surface area contributed by atoms with E-state index in [0.717, 1.165) is 12.1 Å². The van der Waals surface area contributed by atoms with Gasteiger partial charge in [-0.25, -0.2) is 4.98 Å². The Bertz CT molecular complexity index is 303. The summed E-state index contributed by atoms with van der Waals surface area (Å²) < 4.78 is 0. The Kier molecular flexibility index (Phi) is 2.19. The van der Waals surface area contributed by atoms with Gasteiger partial charge in [0.05, 0.1) is 0 Å². The van der Waals surface area contributed by atoms with Crippen molar-refractivity contribution in [2.45, 2.75) is 25.8 Å². The second kappa shape index (κ2) is 3.34. The lowest BCUT2D eigenvalue weighted by Crippen LogP contribution is -2.13. The second-order valence-electron chi connectivity index (χ2n) is 3.62. The molecule has 0 aliphatic carbocycles. The minimum absolute atomic E-state index is 0.492. The van der Waals surface area contributed by atoms with Gasteiger partial charge in [0.2, 0.25) is 0 Å². The average Bonchev–Trinajstić information content (AvgIpc) is 2.62. The fourth-order valence-electron chi connectivity index (χ4n) is 1.77. The van der Waals surface area contributed by atoms with E-state index in [2.05, 4.69) is 16.4 Å². The van der Waals surface area contributed by atoms with Gasteiger partial charge in [0, 0.05) is 12.2 Å². The van der Waals surface area contributed by atoms with Crippen molar-refractivity contribution in [2.24, 2.45) is 0 Å². The van der Waals surface area contributed by atoms with Crippen LogP contribution in [0, 0.1) is 6.92 Å². The highest BCUT2D eigenvalue weighted by Crippen LogP contribution is 2.23. The summed E-state index contributed by atoms with van der Waals surface area (Å²) in [6, 6.07) is 2.62. The molecule has 0 bridgehead atoms. The number of hydrogen-bond donors (Lipinski definition) is 2. The average molecular weight is 177 g/mol. The van der Waals surface area contributed by atoms with Crippen LogP contribution in [0.15, 0.2) is 12.3 Å². The predicted molar refractivity (Wildman–Crippen MR) is 53.4 cm³/mol. The van der Waals surface area contributed by atoms with Crippen molar-refractivity contribution in [2.75, 3.05) is 12.3 Å². The van der Waals surface area contributed by atoms with Crippen LogP contribution >= 0.6 is 0 Å². The first-order valence-electron chi connectivity index (χ1n) is 4.73. The summed E-state index contributed by atoms with van der Waals surface area (Å²) in [6.45, 7) is 3.12. The van der Waals surface area contributed by atoms with Crippen LogP contribution in [-0.2, 0) is 0 Å². The Morgan fingerprint density at radius 2 is 2.46 bits per heavy atom. The Morgan fingerprint density at radius 1 is 1.62 bits per heavy atom. The largest absolute Gasteiger partial charge is 0.383 e. The van der Waals surface area contributed by atoms with Gasteiger partial charge in [-0.15, -0.1) is 0 Å². The minimum Gasteiger partial charge on any atom is -0.383 e. The van der Waals surface area contributed by atoms with Crippen LogP contribution < -0.4 is 11.1 Å². The fourth-order valence-corrected chi connectivity index (χ4v) is 1.77. The molecule has 1 aromatic heterocycles. The number of hydrogen-bond acceptors (Lipinski definition) is 3. The molecule has 13 heavy (non-hydrogen) atoms. The zero-order chi connectivity index (χ0) is 9.26. The van der Waals surface area contributed by atoms with Crippen molar-refractivity contribution in [3.63, 3.8) is 0 Å². The summed E-state index contributed by atoms with van der Waals surface area (Å²) in [5, 5.41) is 3.44. The van der Waals surface area contributed by atoms with Crippen LogP contribution in [0.3, 0.4) is 0 Å². The maximum Gasteiger partial charge on any atom is 0.126 e. The number of anilines is 1. The van der Waals surface area contributed by atoms with Gasteiger partial charge in [-0.3, -0.25) is 0 Å². The van der Waals surface area contributed by atoms with E-state index in [9.17, 15) is 0 Å². The first-order valence-corrected chi connectivity index (χ1v) is 4.73. The highest BCUT2D eigenvalue weighted by atomic mass is 14.9. The Hall–Kier alpha value is -1.09. The molecule has 1 fully saturated rings. The molecule has 1 aliphatic heterocycles. The normalized spacial score (nSPS) is 22.1. The van der Waals surface area contributed by atoms with Gasteiger partial charge in [-0.1, -0.05) is 0 Å². The molecule has 3 nitrogen and oxygen atoms in total. The number of aryl methyl sites for hydroxylation is 1. The molecule has 70 valence electrons. The van der Waals surface area contributed by atoms with Crippen LogP contribution in [0.25, 0.3) is 0 Å². The molecule has 1 aliphatic rings. The van der Waals surface area contributed by atoms with E-state index in [0.29, 0.717) is 11.9 Å². The molecular weight excluding hydrogens is 162 g/mol. The monoisotopic (exact) mass is 177 g/mol. The van der Waals surface area contributed by atoms with Crippen molar-refractivity contribution >= 4 is 5.82 Å². The molecule has 1 saturated heterocycles. The van der Waals surface area contributed by atoms with Gasteiger partial charge in [-0.05, 0) is 43.5 Å². The fraction of sp³-hybridized carbons (Fsp3) is 0.500. The number of nitrogens with zero attached hydrogens (tertiary/aromatic N) is 1. The molecule has 2 rings (SSSR count). The smallest absolute Gasteiger partial charge is 0.126 e. The summed E-state index contributed by atoms with van der Waals surface area (Å²) in [6.07, 6.45) is 4.35. The standard InChI is InChI=1S/C10H15N3/c1-7-5-8(6-13-10(7)11)9-3-2-4-12-9/h5-6,9,12H,2-4H2,1H3,(H2,11,13)/t9-/m0/s1. The van der Waals surface area contributed by atoms with E-state index in [1.165, 1.54) is 18.4 Å². The van der Waals surface area contributed by atoms with Crippen LogP contribution in [-0.4, -0.2) is 11.5 Å². The third-order valence-corrected chi connectivity index (χ3v) is 2.60. The molecular formula is C10H15N3. The lowest BCUT2D eigenvalue weighted by molar-refractivity contribution is 0.644.